The Bertz CT molecular complexity index is 137. The molecule has 0 atom stereocenters. The molecule has 0 heterocycles. The number of rotatable bonds is 5. The fourth-order valence-electron chi connectivity index (χ4n) is 0.894. The van der Waals surface area contributed by atoms with Crippen molar-refractivity contribution in [2.75, 3.05) is 33.7 Å². The second kappa shape index (κ2) is 6.69. The van der Waals surface area contributed by atoms with Crippen molar-refractivity contribution in [1.29, 1.82) is 0 Å². The van der Waals surface area contributed by atoms with Crippen LogP contribution in [0.25, 0.3) is 0 Å². The van der Waals surface area contributed by atoms with Gasteiger partial charge in [0.05, 0.1) is 0 Å². The van der Waals surface area contributed by atoms with Gasteiger partial charge < -0.3 is 9.80 Å². The molecule has 0 unspecified atom stereocenters. The summed E-state index contributed by atoms with van der Waals surface area (Å²) in [6.45, 7) is 5.16. The Morgan fingerprint density at radius 3 is 2.17 bits per heavy atom. The van der Waals surface area contributed by atoms with E-state index < -0.39 is 0 Å². The average Bonchev–Trinajstić information content (AvgIpc) is 1.96. The van der Waals surface area contributed by atoms with Crippen molar-refractivity contribution >= 4 is 29.2 Å². The van der Waals surface area contributed by atoms with Crippen LogP contribution in [0, 0.1) is 0 Å². The second-order valence-corrected chi connectivity index (χ2v) is 4.19. The van der Waals surface area contributed by atoms with Crippen LogP contribution >= 0.6 is 24.8 Å². The molecule has 72 valence electrons. The Balaban J connectivity index is 3.71. The molecule has 0 spiro atoms. The molecular formula is C8H18N2S2. The first-order chi connectivity index (χ1) is 5.57. The van der Waals surface area contributed by atoms with Crippen LogP contribution in [0.1, 0.15) is 13.3 Å². The summed E-state index contributed by atoms with van der Waals surface area (Å²) in [5.41, 5.74) is 0. The Kier molecular flexibility index (Phi) is 6.80. The maximum atomic E-state index is 5.01. The van der Waals surface area contributed by atoms with E-state index in [1.54, 1.807) is 0 Å². The minimum atomic E-state index is 0.707. The van der Waals surface area contributed by atoms with Crippen molar-refractivity contribution < 1.29 is 0 Å². The summed E-state index contributed by atoms with van der Waals surface area (Å²) in [4.78, 5) is 4.27. The zero-order valence-electron chi connectivity index (χ0n) is 8.08. The number of likely N-dealkylation sites (N-methyl/N-ethyl adjacent to an activating group) is 1. The van der Waals surface area contributed by atoms with E-state index in [4.69, 9.17) is 12.2 Å². The molecule has 4 heteroatoms. The van der Waals surface area contributed by atoms with Crippen LogP contribution in [0.2, 0.25) is 0 Å². The summed E-state index contributed by atoms with van der Waals surface area (Å²) in [5.74, 6) is 0. The Hall–Kier alpha value is 0.200. The average molecular weight is 206 g/mol. The third-order valence-corrected chi connectivity index (χ3v) is 2.12. The van der Waals surface area contributed by atoms with Crippen molar-refractivity contribution in [1.82, 2.24) is 9.80 Å². The highest BCUT2D eigenvalue weighted by Gasteiger charge is 2.04. The Morgan fingerprint density at radius 1 is 1.25 bits per heavy atom. The van der Waals surface area contributed by atoms with Crippen molar-refractivity contribution in [3.8, 4) is 0 Å². The molecule has 0 bridgehead atoms. The van der Waals surface area contributed by atoms with Crippen LogP contribution in [0.15, 0.2) is 0 Å². The van der Waals surface area contributed by atoms with Gasteiger partial charge in [-0.05, 0) is 20.5 Å². The highest BCUT2D eigenvalue weighted by Crippen LogP contribution is 1.98. The molecule has 0 aliphatic carbocycles. The third kappa shape index (κ3) is 5.80. The van der Waals surface area contributed by atoms with Gasteiger partial charge in [-0.3, -0.25) is 0 Å². The zero-order valence-corrected chi connectivity index (χ0v) is 9.79. The van der Waals surface area contributed by atoms with Crippen LogP contribution in [-0.4, -0.2) is 47.8 Å². The van der Waals surface area contributed by atoms with Gasteiger partial charge in [0.25, 0.3) is 0 Å². The molecule has 0 saturated carbocycles. The summed E-state index contributed by atoms with van der Waals surface area (Å²) in [5, 5.41) is 0. The SMILES string of the molecule is CCCN(CCN(C)C)C(=S)S. The monoisotopic (exact) mass is 206 g/mol. The first-order valence-electron chi connectivity index (χ1n) is 4.20. The van der Waals surface area contributed by atoms with E-state index in [0.29, 0.717) is 4.32 Å². The minimum Gasteiger partial charge on any atom is -0.356 e. The van der Waals surface area contributed by atoms with Crippen LogP contribution in [0.5, 0.6) is 0 Å². The number of hydrogen-bond acceptors (Lipinski definition) is 2. The second-order valence-electron chi connectivity index (χ2n) is 3.07. The van der Waals surface area contributed by atoms with Gasteiger partial charge in [0, 0.05) is 19.6 Å². The molecule has 0 aliphatic rings. The molecule has 0 rings (SSSR count). The van der Waals surface area contributed by atoms with E-state index in [9.17, 15) is 0 Å². The molecule has 0 aromatic carbocycles. The number of thiol groups is 1. The fraction of sp³-hybridized carbons (Fsp3) is 0.875. The zero-order chi connectivity index (χ0) is 9.56. The molecule has 0 amide bonds. The summed E-state index contributed by atoms with van der Waals surface area (Å²) in [7, 11) is 4.12. The fourth-order valence-corrected chi connectivity index (χ4v) is 1.28. The standard InChI is InChI=1S/C8H18N2S2/c1-4-5-10(8(11)12)7-6-9(2)3/h4-7H2,1-3H3,(H,11,12). The van der Waals surface area contributed by atoms with Crippen molar-refractivity contribution in [3.63, 3.8) is 0 Å². The van der Waals surface area contributed by atoms with Gasteiger partial charge in [-0.1, -0.05) is 19.1 Å². The number of thiocarbonyl (C=S) groups is 1. The van der Waals surface area contributed by atoms with Crippen LogP contribution in [0.4, 0.5) is 0 Å². The van der Waals surface area contributed by atoms with E-state index >= 15 is 0 Å². The van der Waals surface area contributed by atoms with Gasteiger partial charge >= 0.3 is 0 Å². The summed E-state index contributed by atoms with van der Waals surface area (Å²) in [6.07, 6.45) is 1.12. The van der Waals surface area contributed by atoms with E-state index in [-0.39, 0.29) is 0 Å². The first kappa shape index (κ1) is 12.2. The quantitative estimate of drug-likeness (QED) is 0.538. The summed E-state index contributed by atoms with van der Waals surface area (Å²) in [6, 6.07) is 0. The highest BCUT2D eigenvalue weighted by molar-refractivity contribution is 8.10. The lowest BCUT2D eigenvalue weighted by atomic mass is 10.4. The van der Waals surface area contributed by atoms with Crippen LogP contribution in [-0.2, 0) is 0 Å². The molecule has 0 radical (unpaired) electrons. The maximum Gasteiger partial charge on any atom is 0.133 e. The maximum absolute atomic E-state index is 5.01. The molecule has 0 saturated heterocycles. The van der Waals surface area contributed by atoms with E-state index in [1.165, 1.54) is 0 Å². The Labute approximate surface area is 86.3 Å². The van der Waals surface area contributed by atoms with E-state index in [2.05, 4.69) is 43.4 Å². The van der Waals surface area contributed by atoms with Crippen molar-refractivity contribution in [2.24, 2.45) is 0 Å². The number of nitrogens with zero attached hydrogens (tertiary/aromatic N) is 2. The molecule has 0 fully saturated rings. The predicted molar refractivity (Wildman–Crippen MR) is 62.0 cm³/mol. The molecule has 0 aliphatic heterocycles. The first-order valence-corrected chi connectivity index (χ1v) is 5.06. The minimum absolute atomic E-state index is 0.707. The van der Waals surface area contributed by atoms with E-state index in [0.717, 1.165) is 26.1 Å². The lowest BCUT2D eigenvalue weighted by Crippen LogP contribution is -2.33. The summed E-state index contributed by atoms with van der Waals surface area (Å²) >= 11 is 9.17. The van der Waals surface area contributed by atoms with Gasteiger partial charge in [0.1, 0.15) is 4.32 Å². The van der Waals surface area contributed by atoms with Gasteiger partial charge in [-0.25, -0.2) is 0 Å². The lowest BCUT2D eigenvalue weighted by Gasteiger charge is -2.23. The summed E-state index contributed by atoms with van der Waals surface area (Å²) < 4.78 is 0.707. The van der Waals surface area contributed by atoms with Crippen molar-refractivity contribution in [2.45, 2.75) is 13.3 Å². The highest BCUT2D eigenvalue weighted by atomic mass is 32.1. The van der Waals surface area contributed by atoms with Crippen LogP contribution in [0.3, 0.4) is 0 Å². The predicted octanol–water partition coefficient (Wildman–Crippen LogP) is 1.47. The van der Waals surface area contributed by atoms with Gasteiger partial charge in [-0.15, -0.1) is 12.6 Å². The molecule has 0 N–H and O–H groups in total. The molecule has 12 heavy (non-hydrogen) atoms. The molecule has 0 aromatic heterocycles. The number of hydrogen-bond donors (Lipinski definition) is 1. The largest absolute Gasteiger partial charge is 0.356 e. The Morgan fingerprint density at radius 2 is 1.83 bits per heavy atom. The topological polar surface area (TPSA) is 6.48 Å². The van der Waals surface area contributed by atoms with Gasteiger partial charge in [0.15, 0.2) is 0 Å². The van der Waals surface area contributed by atoms with Crippen molar-refractivity contribution in [3.05, 3.63) is 0 Å². The molecule has 0 aromatic rings. The lowest BCUT2D eigenvalue weighted by molar-refractivity contribution is 0.335. The normalized spacial score (nSPS) is 10.4. The van der Waals surface area contributed by atoms with Gasteiger partial charge in [-0.2, -0.15) is 0 Å². The molecule has 2 nitrogen and oxygen atoms in total. The molecular weight excluding hydrogens is 188 g/mol. The van der Waals surface area contributed by atoms with Gasteiger partial charge in [0.2, 0.25) is 0 Å². The van der Waals surface area contributed by atoms with E-state index in [1.807, 2.05) is 0 Å². The van der Waals surface area contributed by atoms with Crippen LogP contribution < -0.4 is 0 Å². The third-order valence-electron chi connectivity index (χ3n) is 1.58. The smallest absolute Gasteiger partial charge is 0.133 e.